The van der Waals surface area contributed by atoms with Crippen molar-refractivity contribution in [3.63, 3.8) is 0 Å². The van der Waals surface area contributed by atoms with Gasteiger partial charge in [0.05, 0.1) is 47.0 Å². The van der Waals surface area contributed by atoms with E-state index >= 15 is 0 Å². The number of nitrogens with one attached hydrogen (secondary N) is 1. The zero-order chi connectivity index (χ0) is 46.5. The molecule has 3 aromatic rings. The second-order valence-electron chi connectivity index (χ2n) is 15.5. The number of nitro benzene ring substituents is 1. The fourth-order valence-electron chi connectivity index (χ4n) is 8.35. The number of carboxylic acids is 1. The third-order valence-corrected chi connectivity index (χ3v) is 11.6. The monoisotopic (exact) mass is 898 g/mol. The number of aromatic hydroxyl groups is 2. The first-order valence-corrected chi connectivity index (χ1v) is 19.7. The first-order valence-electron chi connectivity index (χ1n) is 19.7. The molecule has 0 aromatic heterocycles. The van der Waals surface area contributed by atoms with E-state index in [1.165, 1.54) is 38.3 Å². The molecule has 23 heteroatoms. The first-order chi connectivity index (χ1) is 30.4. The second kappa shape index (κ2) is 18.1. The highest BCUT2D eigenvalue weighted by Gasteiger charge is 2.49. The molecule has 4 aliphatic rings. The number of hydrogen-bond donors (Lipinski definition) is 9. The number of carboxylic acid groups (broad SMARTS) is 1. The van der Waals surface area contributed by atoms with Gasteiger partial charge >= 0.3 is 17.7 Å². The van der Waals surface area contributed by atoms with Crippen molar-refractivity contribution in [3.05, 3.63) is 85.5 Å². The lowest BCUT2D eigenvalue weighted by Gasteiger charge is -2.41. The van der Waals surface area contributed by atoms with Crippen LogP contribution in [0.4, 0.5) is 10.5 Å². The summed E-state index contributed by atoms with van der Waals surface area (Å²) in [5.41, 5.74) is -2.16. The predicted octanol–water partition coefficient (Wildman–Crippen LogP) is 0.0333. The summed E-state index contributed by atoms with van der Waals surface area (Å²) < 4.78 is 33.1. The Kier molecular flexibility index (Phi) is 12.9. The number of hydrogen-bond acceptors (Lipinski definition) is 20. The summed E-state index contributed by atoms with van der Waals surface area (Å²) in [5.74, 6) is -6.85. The van der Waals surface area contributed by atoms with Gasteiger partial charge in [-0.15, -0.1) is 0 Å². The Morgan fingerprint density at radius 1 is 0.906 bits per heavy atom. The molecule has 11 unspecified atom stereocenters. The summed E-state index contributed by atoms with van der Waals surface area (Å²) in [7, 11) is 1.29. The molecule has 0 radical (unpaired) electrons. The standard InChI is InChI=1S/C41H42N2O21/c1-14-30(46)19(42-41(56)60-13-15-6-7-22(20(8-15)43(57)58)63-40-37(53)35(51)36(52)38(64-40)39(54)55)11-25(61-14)62-24-10-16(21(45)12-44)9-18-27(24)34(50)29-28(32(18)48)31(47)17-4-3-5-23(59-2)26(17)33(29)49/h3-8,14,16,19,24-25,30,35-38,40,44,46,48,50-53H,9-13H2,1-2H3,(H,42,56)(H,54,55). The van der Waals surface area contributed by atoms with Crippen molar-refractivity contribution in [1.29, 1.82) is 0 Å². The van der Waals surface area contributed by atoms with Crippen molar-refractivity contribution in [3.8, 4) is 23.0 Å². The van der Waals surface area contributed by atoms with Gasteiger partial charge in [-0.1, -0.05) is 18.2 Å². The molecule has 11 atom stereocenters. The molecule has 2 heterocycles. The van der Waals surface area contributed by atoms with Crippen LogP contribution in [0, 0.1) is 16.0 Å². The number of nitrogens with zero attached hydrogens (tertiary/aromatic N) is 1. The largest absolute Gasteiger partial charge is 0.507 e. The summed E-state index contributed by atoms with van der Waals surface area (Å²) in [4.78, 5) is 76.2. The molecule has 9 N–H and O–H groups in total. The Morgan fingerprint density at radius 3 is 2.30 bits per heavy atom. The minimum absolute atomic E-state index is 0.0376. The van der Waals surface area contributed by atoms with Gasteiger partial charge < -0.3 is 74.6 Å². The van der Waals surface area contributed by atoms with Crippen LogP contribution in [0.3, 0.4) is 0 Å². The number of phenolic OH excluding ortho intramolecular Hbond substituents is 2. The van der Waals surface area contributed by atoms with Crippen LogP contribution in [-0.2, 0) is 41.6 Å². The first kappa shape index (κ1) is 45.7. The number of methoxy groups -OCH3 is 1. The number of aliphatic hydroxyl groups excluding tert-OH is 5. The number of nitro groups is 1. The minimum Gasteiger partial charge on any atom is -0.507 e. The van der Waals surface area contributed by atoms with Crippen LogP contribution >= 0.6 is 0 Å². The van der Waals surface area contributed by atoms with Crippen LogP contribution in [0.1, 0.15) is 74.4 Å². The van der Waals surface area contributed by atoms with Crippen molar-refractivity contribution < 1.29 is 98.2 Å². The molecule has 0 bridgehead atoms. The number of rotatable bonds is 12. The molecule has 7 rings (SSSR count). The smallest absolute Gasteiger partial charge is 0.407 e. The molecule has 23 nitrogen and oxygen atoms in total. The lowest BCUT2D eigenvalue weighted by Crippen LogP contribution is -2.61. The van der Waals surface area contributed by atoms with Crippen LogP contribution in [0.15, 0.2) is 36.4 Å². The molecule has 0 saturated carbocycles. The summed E-state index contributed by atoms with van der Waals surface area (Å²) in [6.45, 7) is -0.0182. The van der Waals surface area contributed by atoms with Gasteiger partial charge in [0.2, 0.25) is 12.1 Å². The Labute approximate surface area is 360 Å². The van der Waals surface area contributed by atoms with E-state index in [4.69, 9.17) is 28.4 Å². The van der Waals surface area contributed by atoms with Crippen molar-refractivity contribution in [2.75, 3.05) is 13.7 Å². The van der Waals surface area contributed by atoms with Gasteiger partial charge in [-0.2, -0.15) is 0 Å². The normalized spacial score (nSPS) is 28.5. The third kappa shape index (κ3) is 8.30. The molecule has 64 heavy (non-hydrogen) atoms. The number of aliphatic carboxylic acids is 1. The maximum atomic E-state index is 14.0. The highest BCUT2D eigenvalue weighted by atomic mass is 16.7. The summed E-state index contributed by atoms with van der Waals surface area (Å²) >= 11 is 0. The number of fused-ring (bicyclic) bond motifs is 3. The number of alkyl carbamates (subject to hydrolysis) is 1. The van der Waals surface area contributed by atoms with E-state index in [1.54, 1.807) is 0 Å². The lowest BCUT2D eigenvalue weighted by atomic mass is 9.73. The number of ether oxygens (including phenoxy) is 6. The van der Waals surface area contributed by atoms with Gasteiger partial charge in [0, 0.05) is 35.1 Å². The molecule has 2 fully saturated rings. The van der Waals surface area contributed by atoms with Crippen LogP contribution in [0.5, 0.6) is 23.0 Å². The third-order valence-electron chi connectivity index (χ3n) is 11.6. The van der Waals surface area contributed by atoms with E-state index in [9.17, 15) is 74.9 Å². The fourth-order valence-corrected chi connectivity index (χ4v) is 8.35. The van der Waals surface area contributed by atoms with Crippen LogP contribution in [0.2, 0.25) is 0 Å². The molecule has 2 aliphatic carbocycles. The molecular formula is C41H42N2O21. The maximum Gasteiger partial charge on any atom is 0.407 e. The molecule has 2 saturated heterocycles. The topological polar surface area (TPSA) is 358 Å². The Morgan fingerprint density at radius 2 is 1.62 bits per heavy atom. The van der Waals surface area contributed by atoms with Gasteiger partial charge in [0.25, 0.3) is 0 Å². The number of benzene rings is 3. The number of ketones is 3. The predicted molar refractivity (Wildman–Crippen MR) is 207 cm³/mol. The zero-order valence-corrected chi connectivity index (χ0v) is 33.7. The molecule has 2 aliphatic heterocycles. The SMILES string of the molecule is COc1cccc2c1C(=O)c1c(O)c3c(c(O)c1C2=O)CC(C(=O)CO)CC3OC1CC(NC(=O)OCc2ccc(OC3OC(C(=O)O)C(O)C(O)C3O)c([N+](=O)[O-])c2)C(O)C(C)O1. The zero-order valence-electron chi connectivity index (χ0n) is 33.7. The highest BCUT2D eigenvalue weighted by molar-refractivity contribution is 6.31. The van der Waals surface area contributed by atoms with Gasteiger partial charge in [-0.25, -0.2) is 9.59 Å². The average molecular weight is 899 g/mol. The number of carbonyl (C=O) groups is 5. The quantitative estimate of drug-likeness (QED) is 0.0514. The number of aliphatic hydroxyl groups is 5. The Hall–Kier alpha value is -6.31. The van der Waals surface area contributed by atoms with Gasteiger partial charge in [0.1, 0.15) is 54.9 Å². The van der Waals surface area contributed by atoms with E-state index in [-0.39, 0.29) is 52.8 Å². The van der Waals surface area contributed by atoms with Crippen molar-refractivity contribution >= 4 is 35.1 Å². The van der Waals surface area contributed by atoms with Crippen molar-refractivity contribution in [2.45, 2.75) is 94.1 Å². The fraction of sp³-hybridized carbons (Fsp3) is 0.439. The van der Waals surface area contributed by atoms with Crippen LogP contribution in [-0.4, -0.2) is 144 Å². The molecule has 3 aromatic carbocycles. The summed E-state index contributed by atoms with van der Waals surface area (Å²) in [5, 5.41) is 98.1. The Bertz CT molecular complexity index is 2400. The van der Waals surface area contributed by atoms with Gasteiger partial charge in [-0.05, 0) is 37.5 Å². The average Bonchev–Trinajstić information content (AvgIpc) is 3.27. The summed E-state index contributed by atoms with van der Waals surface area (Å²) in [6, 6.07) is 6.32. The highest BCUT2D eigenvalue weighted by Crippen LogP contribution is 2.52. The number of phenols is 2. The van der Waals surface area contributed by atoms with E-state index in [2.05, 4.69) is 5.32 Å². The van der Waals surface area contributed by atoms with E-state index in [0.717, 1.165) is 12.1 Å². The number of amides is 1. The second-order valence-corrected chi connectivity index (χ2v) is 15.5. The maximum absolute atomic E-state index is 14.0. The van der Waals surface area contributed by atoms with Crippen molar-refractivity contribution in [1.82, 2.24) is 5.32 Å². The van der Waals surface area contributed by atoms with Crippen LogP contribution < -0.4 is 14.8 Å². The van der Waals surface area contributed by atoms with Crippen LogP contribution in [0.25, 0.3) is 0 Å². The molecule has 342 valence electrons. The molecular weight excluding hydrogens is 856 g/mol. The lowest BCUT2D eigenvalue weighted by molar-refractivity contribution is -0.387. The molecule has 0 spiro atoms. The van der Waals surface area contributed by atoms with Gasteiger partial charge in [-0.3, -0.25) is 24.5 Å². The van der Waals surface area contributed by atoms with E-state index in [1.807, 2.05) is 0 Å². The molecule has 1 amide bonds. The minimum atomic E-state index is -2.04. The summed E-state index contributed by atoms with van der Waals surface area (Å²) in [6.07, 6.45) is -17.0. The Balaban J connectivity index is 1.07. The van der Waals surface area contributed by atoms with Crippen molar-refractivity contribution in [2.24, 2.45) is 5.92 Å². The van der Waals surface area contributed by atoms with Gasteiger partial charge in [0.15, 0.2) is 29.7 Å². The number of carbonyl (C=O) groups excluding carboxylic acids is 4. The van der Waals surface area contributed by atoms with E-state index < -0.39 is 149 Å². The van der Waals surface area contributed by atoms with E-state index in [0.29, 0.717) is 0 Å². The number of Topliss-reactive ketones (excluding diaryl/α,β-unsaturated/α-hetero) is 1.